The summed E-state index contributed by atoms with van der Waals surface area (Å²) in [6.45, 7) is 5.65. The number of unbranched alkanes of at least 4 members (excludes halogenated alkanes) is 4. The zero-order valence-electron chi connectivity index (χ0n) is 17.9. The second-order valence-electron chi connectivity index (χ2n) is 7.07. The highest BCUT2D eigenvalue weighted by molar-refractivity contribution is 7.80. The molecule has 0 aliphatic carbocycles. The summed E-state index contributed by atoms with van der Waals surface area (Å²) in [6, 6.07) is 14.6. The third-order valence-corrected chi connectivity index (χ3v) is 4.65. The van der Waals surface area contributed by atoms with Crippen molar-refractivity contribution in [2.24, 2.45) is 0 Å². The Kier molecular flexibility index (Phi) is 10.7. The predicted octanol–water partition coefficient (Wildman–Crippen LogP) is 5.95. The topological polar surface area (TPSA) is 59.6 Å². The van der Waals surface area contributed by atoms with Crippen LogP contribution in [0.1, 0.15) is 62.7 Å². The van der Waals surface area contributed by atoms with Gasteiger partial charge in [-0.2, -0.15) is 0 Å². The van der Waals surface area contributed by atoms with Gasteiger partial charge in [-0.05, 0) is 73.6 Å². The Morgan fingerprint density at radius 3 is 2.03 bits per heavy atom. The van der Waals surface area contributed by atoms with Crippen LogP contribution >= 0.6 is 12.2 Å². The summed E-state index contributed by atoms with van der Waals surface area (Å²) in [5.74, 6) is 1.32. The van der Waals surface area contributed by atoms with Crippen molar-refractivity contribution < 1.29 is 14.3 Å². The van der Waals surface area contributed by atoms with E-state index in [4.69, 9.17) is 21.7 Å². The van der Waals surface area contributed by atoms with Crippen molar-refractivity contribution in [3.05, 3.63) is 54.1 Å². The first-order valence-corrected chi connectivity index (χ1v) is 11.1. The van der Waals surface area contributed by atoms with Crippen LogP contribution in [0.4, 0.5) is 5.69 Å². The van der Waals surface area contributed by atoms with Crippen molar-refractivity contribution in [3.8, 4) is 11.5 Å². The molecule has 0 radical (unpaired) electrons. The molecule has 30 heavy (non-hydrogen) atoms. The van der Waals surface area contributed by atoms with Gasteiger partial charge in [0, 0.05) is 11.3 Å². The van der Waals surface area contributed by atoms with Gasteiger partial charge in [-0.15, -0.1) is 0 Å². The van der Waals surface area contributed by atoms with E-state index in [9.17, 15) is 4.79 Å². The Balaban J connectivity index is 1.74. The van der Waals surface area contributed by atoms with Crippen molar-refractivity contribution >= 4 is 28.9 Å². The number of carbonyl (C=O) groups excluding carboxylic acids is 1. The number of carbonyl (C=O) groups is 1. The molecule has 6 heteroatoms. The molecule has 0 aliphatic heterocycles. The van der Waals surface area contributed by atoms with Gasteiger partial charge in [-0.3, -0.25) is 10.1 Å². The number of hydrogen-bond donors (Lipinski definition) is 2. The van der Waals surface area contributed by atoms with Crippen LogP contribution in [0.3, 0.4) is 0 Å². The molecule has 0 bridgehead atoms. The van der Waals surface area contributed by atoms with Crippen LogP contribution in [0.5, 0.6) is 11.5 Å². The SMILES string of the molecule is CCCCCCCOc1ccc(C(=O)NC(=S)Nc2ccc(OCCC)cc2)cc1. The molecule has 0 heterocycles. The maximum Gasteiger partial charge on any atom is 0.257 e. The minimum absolute atomic E-state index is 0.245. The maximum atomic E-state index is 12.4. The van der Waals surface area contributed by atoms with Crippen LogP contribution in [0, 0.1) is 0 Å². The number of ether oxygens (including phenoxy) is 2. The third-order valence-electron chi connectivity index (χ3n) is 4.45. The molecule has 0 saturated carbocycles. The van der Waals surface area contributed by atoms with Crippen molar-refractivity contribution in [1.82, 2.24) is 5.32 Å². The van der Waals surface area contributed by atoms with Gasteiger partial charge in [0.25, 0.3) is 5.91 Å². The molecule has 0 unspecified atom stereocenters. The predicted molar refractivity (Wildman–Crippen MR) is 127 cm³/mol. The maximum absolute atomic E-state index is 12.4. The highest BCUT2D eigenvalue weighted by Gasteiger charge is 2.08. The number of hydrogen-bond acceptors (Lipinski definition) is 4. The van der Waals surface area contributed by atoms with Crippen molar-refractivity contribution in [2.75, 3.05) is 18.5 Å². The summed E-state index contributed by atoms with van der Waals surface area (Å²) >= 11 is 5.24. The summed E-state index contributed by atoms with van der Waals surface area (Å²) in [5.41, 5.74) is 1.31. The zero-order valence-corrected chi connectivity index (χ0v) is 18.7. The Labute approximate surface area is 185 Å². The van der Waals surface area contributed by atoms with Gasteiger partial charge in [0.1, 0.15) is 11.5 Å². The molecule has 2 aromatic carbocycles. The van der Waals surface area contributed by atoms with Gasteiger partial charge < -0.3 is 14.8 Å². The minimum Gasteiger partial charge on any atom is -0.494 e. The molecule has 5 nitrogen and oxygen atoms in total. The van der Waals surface area contributed by atoms with E-state index < -0.39 is 0 Å². The normalized spacial score (nSPS) is 10.3. The lowest BCUT2D eigenvalue weighted by molar-refractivity contribution is 0.0977. The Morgan fingerprint density at radius 2 is 1.40 bits per heavy atom. The van der Waals surface area contributed by atoms with Crippen LogP contribution < -0.4 is 20.1 Å². The fourth-order valence-electron chi connectivity index (χ4n) is 2.79. The van der Waals surface area contributed by atoms with Crippen molar-refractivity contribution in [1.29, 1.82) is 0 Å². The molecule has 2 rings (SSSR count). The zero-order chi connectivity index (χ0) is 21.6. The number of thiocarbonyl (C=S) groups is 1. The number of nitrogens with one attached hydrogen (secondary N) is 2. The molecule has 0 aromatic heterocycles. The molecule has 1 amide bonds. The molecule has 162 valence electrons. The van der Waals surface area contributed by atoms with Gasteiger partial charge in [-0.25, -0.2) is 0 Å². The largest absolute Gasteiger partial charge is 0.494 e. The summed E-state index contributed by atoms with van der Waals surface area (Å²) in [4.78, 5) is 12.4. The van der Waals surface area contributed by atoms with E-state index in [-0.39, 0.29) is 11.0 Å². The summed E-state index contributed by atoms with van der Waals surface area (Å²) in [5, 5.41) is 5.94. The highest BCUT2D eigenvalue weighted by atomic mass is 32.1. The number of amides is 1. The van der Waals surface area contributed by atoms with Gasteiger partial charge in [0.05, 0.1) is 13.2 Å². The average molecular weight is 429 g/mol. The van der Waals surface area contributed by atoms with E-state index in [2.05, 4.69) is 24.5 Å². The molecule has 0 spiro atoms. The van der Waals surface area contributed by atoms with Gasteiger partial charge in [0.15, 0.2) is 5.11 Å². The molecule has 0 saturated heterocycles. The van der Waals surface area contributed by atoms with Gasteiger partial charge in [-0.1, -0.05) is 39.5 Å². The molecule has 2 N–H and O–H groups in total. The lowest BCUT2D eigenvalue weighted by Gasteiger charge is -2.11. The Hall–Kier alpha value is -2.60. The number of rotatable bonds is 12. The molecule has 0 atom stereocenters. The van der Waals surface area contributed by atoms with E-state index in [1.807, 2.05) is 36.4 Å². The van der Waals surface area contributed by atoms with Gasteiger partial charge >= 0.3 is 0 Å². The Morgan fingerprint density at radius 1 is 0.800 bits per heavy atom. The highest BCUT2D eigenvalue weighted by Crippen LogP contribution is 2.16. The number of anilines is 1. The quantitative estimate of drug-likeness (QED) is 0.323. The standard InChI is InChI=1S/C24H32N2O3S/c1-3-5-6-7-8-18-29-21-13-9-19(10-14-21)23(27)26-24(30)25-20-11-15-22(16-12-20)28-17-4-2/h9-16H,3-8,17-18H2,1-2H3,(H2,25,26,27,30). The fourth-order valence-corrected chi connectivity index (χ4v) is 3.00. The van der Waals surface area contributed by atoms with E-state index in [0.29, 0.717) is 18.8 Å². The van der Waals surface area contributed by atoms with E-state index in [1.165, 1.54) is 25.7 Å². The third kappa shape index (κ3) is 8.82. The van der Waals surface area contributed by atoms with E-state index >= 15 is 0 Å². The smallest absolute Gasteiger partial charge is 0.257 e. The molecule has 0 fully saturated rings. The van der Waals surface area contributed by atoms with Crippen molar-refractivity contribution in [2.45, 2.75) is 52.4 Å². The van der Waals surface area contributed by atoms with Crippen LogP contribution in [-0.2, 0) is 0 Å². The first-order valence-electron chi connectivity index (χ1n) is 10.7. The van der Waals surface area contributed by atoms with E-state index in [1.54, 1.807) is 12.1 Å². The molecular formula is C24H32N2O3S. The summed E-state index contributed by atoms with van der Waals surface area (Å²) in [6.07, 6.45) is 6.97. The van der Waals surface area contributed by atoms with Crippen LogP contribution in [-0.4, -0.2) is 24.2 Å². The minimum atomic E-state index is -0.262. The Bertz CT molecular complexity index is 776. The van der Waals surface area contributed by atoms with Crippen LogP contribution in [0.15, 0.2) is 48.5 Å². The number of benzene rings is 2. The first-order chi connectivity index (χ1) is 14.6. The molecular weight excluding hydrogens is 396 g/mol. The summed E-state index contributed by atoms with van der Waals surface area (Å²) < 4.78 is 11.3. The second kappa shape index (κ2) is 13.6. The van der Waals surface area contributed by atoms with Crippen LogP contribution in [0.25, 0.3) is 0 Å². The molecule has 0 aliphatic rings. The lowest BCUT2D eigenvalue weighted by atomic mass is 10.2. The monoisotopic (exact) mass is 428 g/mol. The van der Waals surface area contributed by atoms with E-state index in [0.717, 1.165) is 30.0 Å². The molecule has 2 aromatic rings. The van der Waals surface area contributed by atoms with Gasteiger partial charge in [0.2, 0.25) is 0 Å². The lowest BCUT2D eigenvalue weighted by Crippen LogP contribution is -2.34. The second-order valence-corrected chi connectivity index (χ2v) is 7.48. The average Bonchev–Trinajstić information content (AvgIpc) is 2.76. The first kappa shape index (κ1) is 23.7. The van der Waals surface area contributed by atoms with Crippen molar-refractivity contribution in [3.63, 3.8) is 0 Å². The van der Waals surface area contributed by atoms with Crippen LogP contribution in [0.2, 0.25) is 0 Å². The fraction of sp³-hybridized carbons (Fsp3) is 0.417. The summed E-state index contributed by atoms with van der Waals surface area (Å²) in [7, 11) is 0.